The van der Waals surface area contributed by atoms with Gasteiger partial charge in [-0.05, 0) is 11.8 Å². The van der Waals surface area contributed by atoms with Crippen molar-refractivity contribution in [2.24, 2.45) is 11.8 Å². The molecule has 0 aliphatic rings. The number of nitriles is 1. The van der Waals surface area contributed by atoms with Gasteiger partial charge in [0.2, 0.25) is 0 Å². The second-order valence-corrected chi connectivity index (χ2v) is 6.91. The van der Waals surface area contributed by atoms with Crippen molar-refractivity contribution < 1.29 is 4.79 Å². The van der Waals surface area contributed by atoms with Crippen LogP contribution in [0.4, 0.5) is 10.7 Å². The van der Waals surface area contributed by atoms with Crippen LogP contribution in [0.1, 0.15) is 42.9 Å². The number of carbonyl (C=O) groups is 1. The molecule has 1 rings (SSSR count). The van der Waals surface area contributed by atoms with E-state index in [1.807, 2.05) is 0 Å². The summed E-state index contributed by atoms with van der Waals surface area (Å²) in [6.07, 6.45) is 0. The molecule has 0 aliphatic heterocycles. The van der Waals surface area contributed by atoms with Crippen molar-refractivity contribution in [3.8, 4) is 6.07 Å². The lowest BCUT2D eigenvalue weighted by atomic mass is 10.1. The number of nitrogen functional groups attached to an aromatic ring is 1. The van der Waals surface area contributed by atoms with Gasteiger partial charge in [-0.3, -0.25) is 4.79 Å². The van der Waals surface area contributed by atoms with Crippen molar-refractivity contribution >= 4 is 27.9 Å². The predicted molar refractivity (Wildman–Crippen MR) is 88.7 cm³/mol. The Morgan fingerprint density at radius 2 is 1.86 bits per heavy atom. The number of rotatable bonds is 6. The molecule has 0 bridgehead atoms. The summed E-state index contributed by atoms with van der Waals surface area (Å²) in [4.78, 5) is 14.7. The molecule has 6 heteroatoms. The molecule has 0 aromatic carbocycles. The fourth-order valence-corrected chi connectivity index (χ4v) is 3.24. The van der Waals surface area contributed by atoms with Gasteiger partial charge < -0.3 is 16.0 Å². The number of hydrogen-bond acceptors (Lipinski definition) is 5. The van der Waals surface area contributed by atoms with Crippen molar-refractivity contribution in [2.45, 2.75) is 27.7 Å². The second kappa shape index (κ2) is 7.32. The summed E-state index contributed by atoms with van der Waals surface area (Å²) in [5.41, 5.74) is 6.71. The first-order valence-electron chi connectivity index (χ1n) is 7.11. The van der Waals surface area contributed by atoms with Crippen LogP contribution in [0.2, 0.25) is 0 Å². The van der Waals surface area contributed by atoms with Crippen LogP contribution in [0.3, 0.4) is 0 Å². The minimum atomic E-state index is -0.238. The van der Waals surface area contributed by atoms with Crippen LogP contribution in [0.25, 0.3) is 0 Å². The Labute approximate surface area is 130 Å². The average Bonchev–Trinajstić information content (AvgIpc) is 2.73. The van der Waals surface area contributed by atoms with Gasteiger partial charge in [0.05, 0.1) is 11.3 Å². The molecule has 116 valence electrons. The fraction of sp³-hybridized carbons (Fsp3) is 0.600. The van der Waals surface area contributed by atoms with E-state index in [-0.39, 0.29) is 11.6 Å². The number of amides is 1. The van der Waals surface area contributed by atoms with Crippen LogP contribution in [0.5, 0.6) is 0 Å². The lowest BCUT2D eigenvalue weighted by Crippen LogP contribution is -2.32. The van der Waals surface area contributed by atoms with Crippen LogP contribution < -0.4 is 16.0 Å². The monoisotopic (exact) mass is 308 g/mol. The largest absolute Gasteiger partial charge is 0.396 e. The summed E-state index contributed by atoms with van der Waals surface area (Å²) in [5.74, 6) is 0.669. The lowest BCUT2D eigenvalue weighted by molar-refractivity contribution is 0.0964. The molecular weight excluding hydrogens is 284 g/mol. The predicted octanol–water partition coefficient (Wildman–Crippen LogP) is 2.68. The molecule has 0 spiro atoms. The number of nitrogens with two attached hydrogens (primary N) is 1. The van der Waals surface area contributed by atoms with E-state index in [9.17, 15) is 10.1 Å². The Morgan fingerprint density at radius 1 is 1.33 bits per heavy atom. The quantitative estimate of drug-likeness (QED) is 0.846. The minimum Gasteiger partial charge on any atom is -0.396 e. The molecule has 3 N–H and O–H groups in total. The Morgan fingerprint density at radius 3 is 2.24 bits per heavy atom. The van der Waals surface area contributed by atoms with E-state index < -0.39 is 0 Å². The molecule has 0 radical (unpaired) electrons. The molecule has 0 atom stereocenters. The fourth-order valence-electron chi connectivity index (χ4n) is 2.20. The zero-order valence-electron chi connectivity index (χ0n) is 13.4. The summed E-state index contributed by atoms with van der Waals surface area (Å²) in [6, 6.07) is 2.08. The van der Waals surface area contributed by atoms with E-state index in [0.29, 0.717) is 22.3 Å². The molecule has 1 aromatic heterocycles. The number of anilines is 2. The highest BCUT2D eigenvalue weighted by atomic mass is 32.1. The van der Waals surface area contributed by atoms with Gasteiger partial charge in [0, 0.05) is 20.1 Å². The van der Waals surface area contributed by atoms with Crippen LogP contribution in [-0.2, 0) is 0 Å². The third kappa shape index (κ3) is 4.11. The summed E-state index contributed by atoms with van der Waals surface area (Å²) in [5, 5.41) is 12.6. The van der Waals surface area contributed by atoms with Gasteiger partial charge in [0.15, 0.2) is 0 Å². The number of nitrogens with one attached hydrogen (secondary N) is 1. The first-order chi connectivity index (χ1) is 9.81. The Hall–Kier alpha value is -1.74. The molecule has 0 aliphatic carbocycles. The summed E-state index contributed by atoms with van der Waals surface area (Å²) >= 11 is 1.30. The Kier molecular flexibility index (Phi) is 6.03. The van der Waals surface area contributed by atoms with E-state index in [2.05, 4.69) is 44.0 Å². The van der Waals surface area contributed by atoms with Crippen molar-refractivity contribution in [2.75, 3.05) is 30.8 Å². The van der Waals surface area contributed by atoms with Gasteiger partial charge in [0.1, 0.15) is 15.9 Å². The van der Waals surface area contributed by atoms with Crippen LogP contribution in [0.15, 0.2) is 0 Å². The van der Waals surface area contributed by atoms with Crippen molar-refractivity contribution in [3.05, 3.63) is 10.4 Å². The number of carbonyl (C=O) groups excluding carboxylic acids is 1. The maximum Gasteiger partial charge on any atom is 0.256 e. The van der Waals surface area contributed by atoms with E-state index in [4.69, 9.17) is 5.73 Å². The normalized spacial score (nSPS) is 10.8. The first-order valence-corrected chi connectivity index (χ1v) is 7.92. The molecular formula is C15H24N4OS. The summed E-state index contributed by atoms with van der Waals surface area (Å²) < 4.78 is 0. The van der Waals surface area contributed by atoms with Crippen molar-refractivity contribution in [1.82, 2.24) is 5.32 Å². The third-order valence-corrected chi connectivity index (χ3v) is 4.11. The van der Waals surface area contributed by atoms with Gasteiger partial charge in [-0.1, -0.05) is 27.7 Å². The van der Waals surface area contributed by atoms with Crippen molar-refractivity contribution in [3.63, 3.8) is 0 Å². The Balaban J connectivity index is 3.35. The Bertz CT molecular complexity index is 533. The van der Waals surface area contributed by atoms with Crippen molar-refractivity contribution in [1.29, 1.82) is 5.26 Å². The summed E-state index contributed by atoms with van der Waals surface area (Å²) in [6.45, 7) is 10.2. The second-order valence-electron chi connectivity index (χ2n) is 5.91. The first kappa shape index (κ1) is 17.3. The topological polar surface area (TPSA) is 82.2 Å². The van der Waals surface area contributed by atoms with Gasteiger partial charge in [-0.15, -0.1) is 11.3 Å². The summed E-state index contributed by atoms with van der Waals surface area (Å²) in [7, 11) is 1.57. The van der Waals surface area contributed by atoms with E-state index >= 15 is 0 Å². The average molecular weight is 308 g/mol. The zero-order chi connectivity index (χ0) is 16.2. The van der Waals surface area contributed by atoms with E-state index in [1.165, 1.54) is 11.3 Å². The number of thiophene rings is 1. The number of hydrogen-bond donors (Lipinski definition) is 2. The molecule has 1 aromatic rings. The maximum atomic E-state index is 12.1. The number of nitrogens with zero attached hydrogens (tertiary/aromatic N) is 2. The smallest absolute Gasteiger partial charge is 0.256 e. The highest BCUT2D eigenvalue weighted by Gasteiger charge is 2.25. The molecule has 21 heavy (non-hydrogen) atoms. The molecule has 5 nitrogen and oxygen atoms in total. The minimum absolute atomic E-state index is 0.238. The molecule has 1 heterocycles. The molecule has 0 saturated carbocycles. The lowest BCUT2D eigenvalue weighted by Gasteiger charge is -2.28. The van der Waals surface area contributed by atoms with E-state index in [1.54, 1.807) is 7.05 Å². The zero-order valence-corrected chi connectivity index (χ0v) is 14.2. The highest BCUT2D eigenvalue weighted by Crippen LogP contribution is 2.38. The van der Waals surface area contributed by atoms with Gasteiger partial charge >= 0.3 is 0 Å². The highest BCUT2D eigenvalue weighted by molar-refractivity contribution is 7.17. The van der Waals surface area contributed by atoms with Gasteiger partial charge in [0.25, 0.3) is 5.91 Å². The molecule has 0 saturated heterocycles. The molecule has 1 amide bonds. The van der Waals surface area contributed by atoms with Crippen LogP contribution in [0, 0.1) is 23.2 Å². The molecule has 0 unspecified atom stereocenters. The van der Waals surface area contributed by atoms with Gasteiger partial charge in [-0.2, -0.15) is 5.26 Å². The van der Waals surface area contributed by atoms with Crippen LogP contribution >= 0.6 is 11.3 Å². The van der Waals surface area contributed by atoms with E-state index in [0.717, 1.165) is 18.1 Å². The van der Waals surface area contributed by atoms with Gasteiger partial charge in [-0.25, -0.2) is 0 Å². The SMILES string of the molecule is CNC(=O)c1c(N(CC(C)C)CC(C)C)sc(C#N)c1N. The molecule has 0 fully saturated rings. The van der Waals surface area contributed by atoms with Crippen LogP contribution in [-0.4, -0.2) is 26.0 Å². The standard InChI is InChI=1S/C15H24N4OS/c1-9(2)7-19(8-10(3)4)15-12(14(20)18-5)13(17)11(6-16)21-15/h9-10H,7-8,17H2,1-5H3,(H,18,20). The maximum absolute atomic E-state index is 12.1. The third-order valence-electron chi connectivity index (χ3n) is 2.94.